The normalized spacial score (nSPS) is 23.3. The molecule has 6 nitrogen and oxygen atoms in total. The molecule has 1 aromatic heterocycles. The van der Waals surface area contributed by atoms with Crippen LogP contribution in [0.5, 0.6) is 0 Å². The van der Waals surface area contributed by atoms with E-state index in [-0.39, 0.29) is 24.7 Å². The Bertz CT molecular complexity index is 730. The largest absolute Gasteiger partial charge is 0.338 e. The van der Waals surface area contributed by atoms with E-state index >= 15 is 0 Å². The van der Waals surface area contributed by atoms with Gasteiger partial charge < -0.3 is 9.80 Å². The summed E-state index contributed by atoms with van der Waals surface area (Å²) in [6, 6.07) is 3.70. The first kappa shape index (κ1) is 15.5. The van der Waals surface area contributed by atoms with Gasteiger partial charge >= 0.3 is 0 Å². The molecule has 0 N–H and O–H groups in total. The molecule has 0 aliphatic carbocycles. The van der Waals surface area contributed by atoms with Gasteiger partial charge in [-0.15, -0.1) is 11.3 Å². The van der Waals surface area contributed by atoms with Crippen molar-refractivity contribution in [2.24, 2.45) is 0 Å². The molecule has 3 heterocycles. The maximum absolute atomic E-state index is 12.4. The molecular formula is C14H18N2O4S2. The van der Waals surface area contributed by atoms with E-state index < -0.39 is 20.5 Å². The maximum atomic E-state index is 12.4. The van der Waals surface area contributed by atoms with Crippen LogP contribution in [-0.2, 0) is 14.6 Å². The molecule has 2 saturated heterocycles. The molecule has 1 spiro atoms. The van der Waals surface area contributed by atoms with Crippen LogP contribution in [0, 0.1) is 6.92 Å². The van der Waals surface area contributed by atoms with E-state index in [0.29, 0.717) is 18.0 Å². The van der Waals surface area contributed by atoms with Gasteiger partial charge in [0.2, 0.25) is 5.91 Å². The summed E-state index contributed by atoms with van der Waals surface area (Å²) in [4.78, 5) is 27.9. The van der Waals surface area contributed by atoms with Gasteiger partial charge in [-0.25, -0.2) is 8.42 Å². The SMILES string of the molecule is Cc1ccc(C(=O)N2CCC3(CC2)N(C)C(=O)CS3(=O)=O)s1. The monoisotopic (exact) mass is 342 g/mol. The van der Waals surface area contributed by atoms with Gasteiger partial charge in [0.05, 0.1) is 4.88 Å². The lowest BCUT2D eigenvalue weighted by atomic mass is 10.0. The quantitative estimate of drug-likeness (QED) is 0.759. The molecule has 0 bridgehead atoms. The van der Waals surface area contributed by atoms with Crippen molar-refractivity contribution in [3.05, 3.63) is 21.9 Å². The Labute approximate surface area is 133 Å². The molecule has 0 atom stereocenters. The van der Waals surface area contributed by atoms with Gasteiger partial charge in [-0.3, -0.25) is 9.59 Å². The van der Waals surface area contributed by atoms with Crippen molar-refractivity contribution in [2.75, 3.05) is 25.9 Å². The van der Waals surface area contributed by atoms with Crippen LogP contribution in [0.4, 0.5) is 0 Å². The van der Waals surface area contributed by atoms with E-state index in [4.69, 9.17) is 0 Å². The van der Waals surface area contributed by atoms with Crippen molar-refractivity contribution in [1.29, 1.82) is 0 Å². The smallest absolute Gasteiger partial charge is 0.263 e. The fourth-order valence-corrected chi connectivity index (χ4v) is 6.19. The van der Waals surface area contributed by atoms with Gasteiger partial charge in [-0.05, 0) is 19.1 Å². The summed E-state index contributed by atoms with van der Waals surface area (Å²) in [6.07, 6.45) is 0.571. The third-order valence-electron chi connectivity index (χ3n) is 4.66. The number of thiophene rings is 1. The number of hydrogen-bond acceptors (Lipinski definition) is 5. The average molecular weight is 342 g/mol. The Balaban J connectivity index is 1.78. The zero-order chi connectivity index (χ0) is 16.1. The van der Waals surface area contributed by atoms with Crippen LogP contribution >= 0.6 is 11.3 Å². The van der Waals surface area contributed by atoms with E-state index in [9.17, 15) is 18.0 Å². The first-order chi connectivity index (χ1) is 10.3. The fraction of sp³-hybridized carbons (Fsp3) is 0.571. The van der Waals surface area contributed by atoms with Gasteiger partial charge in [0.1, 0.15) is 10.6 Å². The van der Waals surface area contributed by atoms with Crippen molar-refractivity contribution < 1.29 is 18.0 Å². The Morgan fingerprint density at radius 3 is 2.36 bits per heavy atom. The molecule has 1 aromatic rings. The highest BCUT2D eigenvalue weighted by Crippen LogP contribution is 2.39. The Hall–Kier alpha value is -1.41. The molecule has 2 aliphatic heterocycles. The van der Waals surface area contributed by atoms with Crippen LogP contribution in [0.2, 0.25) is 0 Å². The van der Waals surface area contributed by atoms with E-state index in [1.54, 1.807) is 18.0 Å². The molecule has 3 rings (SSSR count). The Kier molecular flexibility index (Phi) is 3.56. The zero-order valence-electron chi connectivity index (χ0n) is 12.5. The number of sulfone groups is 1. The lowest BCUT2D eigenvalue weighted by Gasteiger charge is -2.41. The van der Waals surface area contributed by atoms with Crippen LogP contribution < -0.4 is 0 Å². The maximum Gasteiger partial charge on any atom is 0.263 e. The predicted octanol–water partition coefficient (Wildman–Crippen LogP) is 0.876. The molecule has 8 heteroatoms. The van der Waals surface area contributed by atoms with E-state index in [1.165, 1.54) is 16.2 Å². The third-order valence-corrected chi connectivity index (χ3v) is 8.12. The fourth-order valence-electron chi connectivity index (χ4n) is 3.24. The molecule has 0 unspecified atom stereocenters. The number of nitrogens with zero attached hydrogens (tertiary/aromatic N) is 2. The third kappa shape index (κ3) is 2.16. The molecule has 22 heavy (non-hydrogen) atoms. The van der Waals surface area contributed by atoms with Gasteiger partial charge in [-0.1, -0.05) is 0 Å². The topological polar surface area (TPSA) is 74.8 Å². The summed E-state index contributed by atoms with van der Waals surface area (Å²) in [5.41, 5.74) is 0. The minimum absolute atomic E-state index is 0.0580. The minimum Gasteiger partial charge on any atom is -0.338 e. The van der Waals surface area contributed by atoms with Crippen molar-refractivity contribution in [3.8, 4) is 0 Å². The van der Waals surface area contributed by atoms with Crippen LogP contribution in [0.25, 0.3) is 0 Å². The summed E-state index contributed by atoms with van der Waals surface area (Å²) in [5, 5.41) is 0. The van der Waals surface area contributed by atoms with Crippen molar-refractivity contribution in [1.82, 2.24) is 9.80 Å². The van der Waals surface area contributed by atoms with Gasteiger partial charge in [0, 0.05) is 37.9 Å². The summed E-state index contributed by atoms with van der Waals surface area (Å²) in [7, 11) is -1.93. The number of aryl methyl sites for hydroxylation is 1. The lowest BCUT2D eigenvalue weighted by molar-refractivity contribution is -0.129. The summed E-state index contributed by atoms with van der Waals surface area (Å²) >= 11 is 1.44. The average Bonchev–Trinajstić information content (AvgIpc) is 2.97. The second kappa shape index (κ2) is 5.06. The second-order valence-corrected chi connectivity index (χ2v) is 9.43. The van der Waals surface area contributed by atoms with Crippen LogP contribution in [0.15, 0.2) is 12.1 Å². The van der Waals surface area contributed by atoms with E-state index in [2.05, 4.69) is 0 Å². The first-order valence-corrected chi connectivity index (χ1v) is 9.58. The van der Waals surface area contributed by atoms with Crippen molar-refractivity contribution >= 4 is 33.0 Å². The number of carbonyl (C=O) groups excluding carboxylic acids is 2. The summed E-state index contributed by atoms with van der Waals surface area (Å²) in [5.74, 6) is -0.826. The highest BCUT2D eigenvalue weighted by atomic mass is 32.2. The van der Waals surface area contributed by atoms with Crippen LogP contribution in [-0.4, -0.2) is 60.8 Å². The van der Waals surface area contributed by atoms with Gasteiger partial charge in [0.15, 0.2) is 9.84 Å². The van der Waals surface area contributed by atoms with Crippen LogP contribution in [0.3, 0.4) is 0 Å². The number of rotatable bonds is 1. The van der Waals surface area contributed by atoms with Gasteiger partial charge in [0.25, 0.3) is 5.91 Å². The lowest BCUT2D eigenvalue weighted by Crippen LogP contribution is -2.55. The molecule has 2 fully saturated rings. The second-order valence-electron chi connectivity index (χ2n) is 5.86. The van der Waals surface area contributed by atoms with Crippen LogP contribution in [0.1, 0.15) is 27.4 Å². The number of piperidine rings is 1. The number of amides is 2. The highest BCUT2D eigenvalue weighted by molar-refractivity contribution is 7.93. The number of hydrogen-bond donors (Lipinski definition) is 0. The number of likely N-dealkylation sites (tertiary alicyclic amines) is 1. The van der Waals surface area contributed by atoms with E-state index in [0.717, 1.165) is 4.88 Å². The van der Waals surface area contributed by atoms with Crippen molar-refractivity contribution in [3.63, 3.8) is 0 Å². The standard InChI is InChI=1S/C14H18N2O4S2/c1-10-3-4-11(21-10)13(18)16-7-5-14(6-8-16)15(2)12(17)9-22(14,19)20/h3-4H,5-9H2,1-2H3. The number of carbonyl (C=O) groups is 2. The van der Waals surface area contributed by atoms with Gasteiger partial charge in [-0.2, -0.15) is 0 Å². The molecular weight excluding hydrogens is 324 g/mol. The molecule has 0 radical (unpaired) electrons. The zero-order valence-corrected chi connectivity index (χ0v) is 14.2. The molecule has 2 amide bonds. The Morgan fingerprint density at radius 1 is 1.27 bits per heavy atom. The minimum atomic E-state index is -3.48. The van der Waals surface area contributed by atoms with E-state index in [1.807, 2.05) is 13.0 Å². The first-order valence-electron chi connectivity index (χ1n) is 7.11. The molecule has 0 aromatic carbocycles. The highest BCUT2D eigenvalue weighted by Gasteiger charge is 2.57. The molecule has 0 saturated carbocycles. The summed E-state index contributed by atoms with van der Waals surface area (Å²) < 4.78 is 24.7. The predicted molar refractivity (Wildman–Crippen MR) is 83.5 cm³/mol. The Morgan fingerprint density at radius 2 is 1.91 bits per heavy atom. The molecule has 2 aliphatic rings. The van der Waals surface area contributed by atoms with Crippen molar-refractivity contribution in [2.45, 2.75) is 24.6 Å². The summed E-state index contributed by atoms with van der Waals surface area (Å²) in [6.45, 7) is 2.65. The molecule has 120 valence electrons.